The fourth-order valence-corrected chi connectivity index (χ4v) is 3.85. The Hall–Kier alpha value is -2.86. The van der Waals surface area contributed by atoms with Crippen molar-refractivity contribution in [3.8, 4) is 0 Å². The summed E-state index contributed by atoms with van der Waals surface area (Å²) in [7, 11) is 0. The Balaban J connectivity index is 1.91. The average Bonchev–Trinajstić information content (AvgIpc) is 2.76. The summed E-state index contributed by atoms with van der Waals surface area (Å²) in [5, 5.41) is 0. The molecule has 0 heterocycles. The SMILES string of the molecule is C=C(CC(C)(CC=C(CC)c1ccccc1)c1ccccc1)c1ccccc1. The molecule has 3 aromatic carbocycles. The molecule has 1 unspecified atom stereocenters. The lowest BCUT2D eigenvalue weighted by atomic mass is 9.73. The maximum atomic E-state index is 4.42. The van der Waals surface area contributed by atoms with Gasteiger partial charge in [0.15, 0.2) is 0 Å². The van der Waals surface area contributed by atoms with Gasteiger partial charge in [-0.1, -0.05) is 117 Å². The van der Waals surface area contributed by atoms with Crippen LogP contribution in [0.3, 0.4) is 0 Å². The number of hydrogen-bond donors (Lipinski definition) is 0. The van der Waals surface area contributed by atoms with Crippen molar-refractivity contribution in [2.75, 3.05) is 0 Å². The molecule has 0 spiro atoms. The van der Waals surface area contributed by atoms with Crippen molar-refractivity contribution in [3.63, 3.8) is 0 Å². The van der Waals surface area contributed by atoms with E-state index < -0.39 is 0 Å². The first-order valence-electron chi connectivity index (χ1n) is 10.2. The fraction of sp³-hybridized carbons (Fsp3) is 0.214. The zero-order valence-electron chi connectivity index (χ0n) is 17.1. The second-order valence-corrected chi connectivity index (χ2v) is 7.73. The second-order valence-electron chi connectivity index (χ2n) is 7.73. The monoisotopic (exact) mass is 366 g/mol. The van der Waals surface area contributed by atoms with Crippen LogP contribution in [-0.4, -0.2) is 0 Å². The lowest BCUT2D eigenvalue weighted by molar-refractivity contribution is 0.492. The molecule has 0 aliphatic carbocycles. The zero-order chi connectivity index (χ0) is 19.8. The molecule has 0 radical (unpaired) electrons. The van der Waals surface area contributed by atoms with Gasteiger partial charge in [-0.15, -0.1) is 0 Å². The summed E-state index contributed by atoms with van der Waals surface area (Å²) >= 11 is 0. The molecule has 0 aliphatic heterocycles. The predicted molar refractivity (Wildman–Crippen MR) is 123 cm³/mol. The van der Waals surface area contributed by atoms with Crippen LogP contribution < -0.4 is 0 Å². The van der Waals surface area contributed by atoms with E-state index in [0.29, 0.717) is 0 Å². The van der Waals surface area contributed by atoms with Gasteiger partial charge in [-0.05, 0) is 52.5 Å². The molecule has 0 heteroatoms. The van der Waals surface area contributed by atoms with Crippen molar-refractivity contribution in [2.45, 2.75) is 38.5 Å². The van der Waals surface area contributed by atoms with E-state index >= 15 is 0 Å². The van der Waals surface area contributed by atoms with Crippen LogP contribution in [0.25, 0.3) is 11.1 Å². The average molecular weight is 367 g/mol. The quantitative estimate of drug-likeness (QED) is 0.379. The van der Waals surface area contributed by atoms with Crippen molar-refractivity contribution in [2.24, 2.45) is 0 Å². The lowest BCUT2D eigenvalue weighted by Gasteiger charge is -2.31. The molecule has 0 aromatic heterocycles. The smallest absolute Gasteiger partial charge is 0.0000292 e. The van der Waals surface area contributed by atoms with Crippen LogP contribution in [-0.2, 0) is 5.41 Å². The molecule has 0 nitrogen and oxygen atoms in total. The number of benzene rings is 3. The Bertz CT molecular complexity index is 904. The maximum Gasteiger partial charge on any atom is -0.0000292 e. The van der Waals surface area contributed by atoms with Crippen LogP contribution in [0.15, 0.2) is 104 Å². The highest BCUT2D eigenvalue weighted by molar-refractivity contribution is 5.67. The molecule has 0 fully saturated rings. The highest BCUT2D eigenvalue weighted by atomic mass is 14.3. The molecular weight excluding hydrogens is 336 g/mol. The van der Waals surface area contributed by atoms with E-state index in [-0.39, 0.29) is 5.41 Å². The number of hydrogen-bond acceptors (Lipinski definition) is 0. The molecular formula is C28H30. The largest absolute Gasteiger partial charge is 0.0952 e. The summed E-state index contributed by atoms with van der Waals surface area (Å²) in [5.41, 5.74) is 6.52. The minimum atomic E-state index is 0.00336. The van der Waals surface area contributed by atoms with Crippen molar-refractivity contribution >= 4 is 11.1 Å². The molecule has 0 saturated heterocycles. The van der Waals surface area contributed by atoms with E-state index in [1.807, 2.05) is 0 Å². The van der Waals surface area contributed by atoms with Gasteiger partial charge in [-0.3, -0.25) is 0 Å². The van der Waals surface area contributed by atoms with Gasteiger partial charge in [-0.25, -0.2) is 0 Å². The predicted octanol–water partition coefficient (Wildman–Crippen LogP) is 7.93. The van der Waals surface area contributed by atoms with Crippen molar-refractivity contribution < 1.29 is 0 Å². The summed E-state index contributed by atoms with van der Waals surface area (Å²) in [6.07, 6.45) is 5.39. The topological polar surface area (TPSA) is 0 Å². The molecule has 0 amide bonds. The van der Waals surface area contributed by atoms with Crippen LogP contribution >= 0.6 is 0 Å². The van der Waals surface area contributed by atoms with Gasteiger partial charge >= 0.3 is 0 Å². The molecule has 3 rings (SSSR count). The first-order valence-corrected chi connectivity index (χ1v) is 10.2. The molecule has 0 aliphatic rings. The molecule has 1 atom stereocenters. The van der Waals surface area contributed by atoms with Crippen molar-refractivity contribution in [1.29, 1.82) is 0 Å². The third-order valence-corrected chi connectivity index (χ3v) is 5.58. The van der Waals surface area contributed by atoms with Gasteiger partial charge in [-0.2, -0.15) is 0 Å². The number of rotatable bonds is 8. The first-order chi connectivity index (χ1) is 13.6. The van der Waals surface area contributed by atoms with E-state index in [2.05, 4.69) is 117 Å². The Morgan fingerprint density at radius 2 is 1.29 bits per heavy atom. The highest BCUT2D eigenvalue weighted by Crippen LogP contribution is 2.38. The zero-order valence-corrected chi connectivity index (χ0v) is 17.1. The summed E-state index contributed by atoms with van der Waals surface area (Å²) in [6, 6.07) is 32.1. The maximum absolute atomic E-state index is 4.42. The lowest BCUT2D eigenvalue weighted by Crippen LogP contribution is -2.22. The Morgan fingerprint density at radius 3 is 1.82 bits per heavy atom. The minimum Gasteiger partial charge on any atom is -0.0952 e. The summed E-state index contributed by atoms with van der Waals surface area (Å²) in [5.74, 6) is 0. The van der Waals surface area contributed by atoms with Crippen LogP contribution in [0.1, 0.15) is 49.8 Å². The van der Waals surface area contributed by atoms with Crippen LogP contribution in [0, 0.1) is 0 Å². The van der Waals surface area contributed by atoms with Crippen molar-refractivity contribution in [1.82, 2.24) is 0 Å². The number of allylic oxidation sites excluding steroid dienone is 3. The van der Waals surface area contributed by atoms with Gasteiger partial charge in [0.2, 0.25) is 0 Å². The van der Waals surface area contributed by atoms with Gasteiger partial charge in [0.1, 0.15) is 0 Å². The third kappa shape index (κ3) is 4.89. The second kappa shape index (κ2) is 9.37. The van der Waals surface area contributed by atoms with E-state index in [4.69, 9.17) is 0 Å². The van der Waals surface area contributed by atoms with Gasteiger partial charge in [0.25, 0.3) is 0 Å². The summed E-state index contributed by atoms with van der Waals surface area (Å²) in [4.78, 5) is 0. The molecule has 142 valence electrons. The first kappa shape index (κ1) is 19.9. The van der Waals surface area contributed by atoms with Gasteiger partial charge in [0, 0.05) is 0 Å². The molecule has 28 heavy (non-hydrogen) atoms. The summed E-state index contributed by atoms with van der Waals surface area (Å²) < 4.78 is 0. The Kier molecular flexibility index (Phi) is 6.66. The molecule has 0 N–H and O–H groups in total. The highest BCUT2D eigenvalue weighted by Gasteiger charge is 2.27. The molecule has 0 bridgehead atoms. The minimum absolute atomic E-state index is 0.00336. The summed E-state index contributed by atoms with van der Waals surface area (Å²) in [6.45, 7) is 9.02. The Labute approximate surface area is 170 Å². The standard InChI is InChI=1S/C28H30/c1-4-24(26-16-10-6-11-17-26)20-21-28(3,27-18-12-7-13-19-27)22-23(2)25-14-8-5-9-15-25/h5-20H,2,4,21-22H2,1,3H3. The van der Waals surface area contributed by atoms with E-state index in [9.17, 15) is 0 Å². The molecule has 0 saturated carbocycles. The van der Waals surface area contributed by atoms with Crippen LogP contribution in [0.2, 0.25) is 0 Å². The van der Waals surface area contributed by atoms with E-state index in [1.165, 1.54) is 27.8 Å². The fourth-order valence-electron chi connectivity index (χ4n) is 3.85. The third-order valence-electron chi connectivity index (χ3n) is 5.58. The van der Waals surface area contributed by atoms with Gasteiger partial charge < -0.3 is 0 Å². The van der Waals surface area contributed by atoms with Crippen LogP contribution in [0.5, 0.6) is 0 Å². The molecule has 3 aromatic rings. The van der Waals surface area contributed by atoms with Gasteiger partial charge in [0.05, 0.1) is 0 Å². The van der Waals surface area contributed by atoms with E-state index in [0.717, 1.165) is 19.3 Å². The van der Waals surface area contributed by atoms with Crippen molar-refractivity contribution in [3.05, 3.63) is 120 Å². The van der Waals surface area contributed by atoms with E-state index in [1.54, 1.807) is 0 Å². The Morgan fingerprint density at radius 1 is 0.786 bits per heavy atom. The normalized spacial score (nSPS) is 13.7. The van der Waals surface area contributed by atoms with Crippen LogP contribution in [0.4, 0.5) is 0 Å².